The summed E-state index contributed by atoms with van der Waals surface area (Å²) < 4.78 is 6.48. The largest absolute Gasteiger partial charge is 0.451 e. The predicted molar refractivity (Wildman–Crippen MR) is 104 cm³/mol. The molecule has 0 saturated heterocycles. The van der Waals surface area contributed by atoms with Crippen molar-refractivity contribution in [3.8, 4) is 0 Å². The highest BCUT2D eigenvalue weighted by Gasteiger charge is 2.26. The Morgan fingerprint density at radius 3 is 2.57 bits per heavy atom. The Bertz CT molecular complexity index is 1140. The first-order valence-corrected chi connectivity index (χ1v) is 9.15. The van der Waals surface area contributed by atoms with Crippen LogP contribution in [0.25, 0.3) is 10.8 Å². The number of hydrogen-bond donors (Lipinski definition) is 0. The van der Waals surface area contributed by atoms with Crippen molar-refractivity contribution in [2.75, 3.05) is 18.1 Å². The summed E-state index contributed by atoms with van der Waals surface area (Å²) in [5, 5.41) is 4.95. The van der Waals surface area contributed by atoms with E-state index >= 15 is 0 Å². The minimum atomic E-state index is -0.723. The van der Waals surface area contributed by atoms with Crippen molar-refractivity contribution in [1.29, 1.82) is 0 Å². The molecule has 0 atom stereocenters. The van der Waals surface area contributed by atoms with Crippen molar-refractivity contribution >= 4 is 28.3 Å². The molecule has 0 fully saturated rings. The van der Waals surface area contributed by atoms with E-state index in [4.69, 9.17) is 4.74 Å². The minimum Gasteiger partial charge on any atom is -0.451 e. The number of ether oxygens (including phenoxy) is 1. The molecule has 1 amide bonds. The smallest absolute Gasteiger partial charge is 0.359 e. The number of nitrogens with zero attached hydrogens (tertiary/aromatic N) is 3. The fourth-order valence-electron chi connectivity index (χ4n) is 3.47. The molecule has 1 aromatic heterocycles. The molecular formula is C21H19N3O4. The Labute approximate surface area is 161 Å². The van der Waals surface area contributed by atoms with Gasteiger partial charge in [-0.1, -0.05) is 36.4 Å². The van der Waals surface area contributed by atoms with Crippen molar-refractivity contribution in [2.45, 2.75) is 19.9 Å². The Morgan fingerprint density at radius 2 is 1.79 bits per heavy atom. The Hall–Kier alpha value is -3.48. The third kappa shape index (κ3) is 3.05. The highest BCUT2D eigenvalue weighted by Crippen LogP contribution is 2.27. The number of carbonyl (C=O) groups is 2. The van der Waals surface area contributed by atoms with E-state index < -0.39 is 5.97 Å². The van der Waals surface area contributed by atoms with E-state index in [0.717, 1.165) is 17.7 Å². The summed E-state index contributed by atoms with van der Waals surface area (Å²) in [6.07, 6.45) is 0.781. The number of hydrogen-bond acceptors (Lipinski definition) is 5. The lowest BCUT2D eigenvalue weighted by Crippen LogP contribution is -2.33. The molecule has 0 N–H and O–H groups in total. The van der Waals surface area contributed by atoms with E-state index in [-0.39, 0.29) is 23.8 Å². The number of fused-ring (bicyclic) bond motifs is 2. The van der Waals surface area contributed by atoms with Crippen LogP contribution >= 0.6 is 0 Å². The summed E-state index contributed by atoms with van der Waals surface area (Å²) in [6.45, 7) is 2.28. The Balaban J connectivity index is 1.56. The molecule has 2 heterocycles. The number of rotatable bonds is 4. The first-order chi connectivity index (χ1) is 13.6. The molecule has 1 aliphatic rings. The lowest BCUT2D eigenvalue weighted by atomic mass is 10.1. The lowest BCUT2D eigenvalue weighted by molar-refractivity contribution is -0.121. The second-order valence-electron chi connectivity index (χ2n) is 6.52. The molecule has 28 heavy (non-hydrogen) atoms. The van der Waals surface area contributed by atoms with E-state index in [0.29, 0.717) is 23.9 Å². The molecular weight excluding hydrogens is 358 g/mol. The molecule has 1 aliphatic heterocycles. The fraction of sp³-hybridized carbons (Fsp3) is 0.238. The van der Waals surface area contributed by atoms with Crippen LogP contribution in [0.15, 0.2) is 53.3 Å². The number of aryl methyl sites for hydroxylation is 1. The molecule has 4 rings (SSSR count). The van der Waals surface area contributed by atoms with Crippen molar-refractivity contribution in [3.63, 3.8) is 0 Å². The van der Waals surface area contributed by atoms with E-state index in [1.807, 2.05) is 24.3 Å². The summed E-state index contributed by atoms with van der Waals surface area (Å²) in [4.78, 5) is 39.2. The molecule has 2 aromatic carbocycles. The standard InChI is InChI=1S/C21H19N3O4/c1-2-24-20(26)16-9-5-4-8-15(16)19(22-24)21(27)28-13-18(25)23-12-11-14-7-3-6-10-17(14)23/h3-10H,2,11-13H2,1H3. The van der Waals surface area contributed by atoms with Gasteiger partial charge in [-0.3, -0.25) is 9.59 Å². The highest BCUT2D eigenvalue weighted by atomic mass is 16.5. The molecule has 7 heteroatoms. The van der Waals surface area contributed by atoms with Crippen LogP contribution < -0.4 is 10.5 Å². The number of esters is 1. The van der Waals surface area contributed by atoms with Gasteiger partial charge in [0.05, 0.1) is 5.39 Å². The predicted octanol–water partition coefficient (Wildman–Crippen LogP) is 2.16. The fourth-order valence-corrected chi connectivity index (χ4v) is 3.47. The maximum Gasteiger partial charge on any atom is 0.359 e. The van der Waals surface area contributed by atoms with Gasteiger partial charge in [0.25, 0.3) is 11.5 Å². The van der Waals surface area contributed by atoms with Crippen LogP contribution in [0, 0.1) is 0 Å². The average molecular weight is 377 g/mol. The Morgan fingerprint density at radius 1 is 1.07 bits per heavy atom. The summed E-state index contributed by atoms with van der Waals surface area (Å²) in [6, 6.07) is 14.4. The Kier molecular flexibility index (Phi) is 4.65. The molecule has 142 valence electrons. The number of amides is 1. The van der Waals surface area contributed by atoms with Crippen LogP contribution in [0.3, 0.4) is 0 Å². The second-order valence-corrected chi connectivity index (χ2v) is 6.52. The lowest BCUT2D eigenvalue weighted by Gasteiger charge is -2.17. The monoisotopic (exact) mass is 377 g/mol. The third-order valence-corrected chi connectivity index (χ3v) is 4.88. The second kappa shape index (κ2) is 7.26. The topological polar surface area (TPSA) is 81.5 Å². The van der Waals surface area contributed by atoms with E-state index in [9.17, 15) is 14.4 Å². The third-order valence-electron chi connectivity index (χ3n) is 4.88. The van der Waals surface area contributed by atoms with Crippen LogP contribution in [0.5, 0.6) is 0 Å². The number of anilines is 1. The van der Waals surface area contributed by atoms with E-state index in [1.54, 1.807) is 36.1 Å². The number of carbonyl (C=O) groups excluding carboxylic acids is 2. The van der Waals surface area contributed by atoms with Crippen molar-refractivity contribution in [1.82, 2.24) is 9.78 Å². The van der Waals surface area contributed by atoms with Crippen LogP contribution in [0.4, 0.5) is 5.69 Å². The first-order valence-electron chi connectivity index (χ1n) is 9.15. The molecule has 0 unspecified atom stereocenters. The maximum atomic E-state index is 12.6. The highest BCUT2D eigenvalue weighted by molar-refractivity contribution is 6.03. The molecule has 0 aliphatic carbocycles. The van der Waals surface area contributed by atoms with Gasteiger partial charge >= 0.3 is 5.97 Å². The number of aromatic nitrogens is 2. The van der Waals surface area contributed by atoms with Gasteiger partial charge in [-0.15, -0.1) is 0 Å². The van der Waals surface area contributed by atoms with Gasteiger partial charge in [-0.05, 0) is 31.0 Å². The molecule has 7 nitrogen and oxygen atoms in total. The van der Waals surface area contributed by atoms with Gasteiger partial charge in [0.15, 0.2) is 12.3 Å². The SMILES string of the molecule is CCn1nc(C(=O)OCC(=O)N2CCc3ccccc32)c2ccccc2c1=O. The van der Waals surface area contributed by atoms with Crippen LogP contribution in [0.2, 0.25) is 0 Å². The van der Waals surface area contributed by atoms with Crippen molar-refractivity contribution in [3.05, 3.63) is 70.1 Å². The quantitative estimate of drug-likeness (QED) is 0.651. The molecule has 3 aromatic rings. The van der Waals surface area contributed by atoms with Gasteiger partial charge in [-0.2, -0.15) is 5.10 Å². The van der Waals surface area contributed by atoms with Gasteiger partial charge in [0.1, 0.15) is 0 Å². The van der Waals surface area contributed by atoms with Gasteiger partial charge in [0, 0.05) is 24.2 Å². The first kappa shape index (κ1) is 17.9. The zero-order chi connectivity index (χ0) is 19.7. The number of para-hydroxylation sites is 1. The van der Waals surface area contributed by atoms with Crippen molar-refractivity contribution < 1.29 is 14.3 Å². The molecule has 0 saturated carbocycles. The zero-order valence-corrected chi connectivity index (χ0v) is 15.4. The summed E-state index contributed by atoms with van der Waals surface area (Å²) in [7, 11) is 0. The summed E-state index contributed by atoms with van der Waals surface area (Å²) in [5.74, 6) is -1.01. The van der Waals surface area contributed by atoms with Crippen molar-refractivity contribution in [2.24, 2.45) is 0 Å². The van der Waals surface area contributed by atoms with E-state index in [1.165, 1.54) is 4.68 Å². The molecule has 0 spiro atoms. The summed E-state index contributed by atoms with van der Waals surface area (Å²) >= 11 is 0. The minimum absolute atomic E-state index is 0.0340. The van der Waals surface area contributed by atoms with Gasteiger partial charge < -0.3 is 9.64 Å². The van der Waals surface area contributed by atoms with Crippen LogP contribution in [-0.2, 0) is 22.5 Å². The number of benzene rings is 2. The zero-order valence-electron chi connectivity index (χ0n) is 15.4. The normalized spacial score (nSPS) is 12.8. The maximum absolute atomic E-state index is 12.6. The summed E-state index contributed by atoms with van der Waals surface area (Å²) in [5.41, 5.74) is 1.72. The van der Waals surface area contributed by atoms with Gasteiger partial charge in [-0.25, -0.2) is 9.48 Å². The molecule has 0 radical (unpaired) electrons. The van der Waals surface area contributed by atoms with Crippen LogP contribution in [0.1, 0.15) is 23.0 Å². The van der Waals surface area contributed by atoms with Crippen LogP contribution in [-0.4, -0.2) is 34.8 Å². The van der Waals surface area contributed by atoms with Gasteiger partial charge in [0.2, 0.25) is 0 Å². The average Bonchev–Trinajstić information content (AvgIpc) is 3.16. The van der Waals surface area contributed by atoms with E-state index in [2.05, 4.69) is 5.10 Å². The molecule has 0 bridgehead atoms.